The fourth-order valence-electron chi connectivity index (χ4n) is 3.71. The number of nitrogens with zero attached hydrogens (tertiary/aromatic N) is 1. The van der Waals surface area contributed by atoms with Crippen molar-refractivity contribution in [2.45, 2.75) is 50.9 Å². The van der Waals surface area contributed by atoms with Crippen LogP contribution in [0, 0.1) is 0 Å². The van der Waals surface area contributed by atoms with Gasteiger partial charge in [-0.3, -0.25) is 9.59 Å². The molecule has 3 rings (SSSR count). The van der Waals surface area contributed by atoms with Gasteiger partial charge in [0.05, 0.1) is 24.1 Å². The largest absolute Gasteiger partial charge is 0.490 e. The number of amides is 3. The van der Waals surface area contributed by atoms with Crippen molar-refractivity contribution in [1.29, 1.82) is 0 Å². The Bertz CT molecular complexity index is 783. The molecule has 1 fully saturated rings. The number of aliphatic carboxylic acids is 1. The van der Waals surface area contributed by atoms with E-state index in [9.17, 15) is 14.4 Å². The van der Waals surface area contributed by atoms with Crippen molar-refractivity contribution in [2.75, 3.05) is 25.5 Å². The summed E-state index contributed by atoms with van der Waals surface area (Å²) < 4.78 is 11.8. The van der Waals surface area contributed by atoms with Gasteiger partial charge in [-0.25, -0.2) is 4.79 Å². The van der Waals surface area contributed by atoms with Crippen molar-refractivity contribution in [3.05, 3.63) is 23.8 Å². The van der Waals surface area contributed by atoms with Crippen molar-refractivity contribution in [3.63, 3.8) is 0 Å². The Hall–Kier alpha value is -2.81. The smallest absolute Gasteiger partial charge is 0.319 e. The number of hydrogen-bond donors (Lipinski definition) is 3. The summed E-state index contributed by atoms with van der Waals surface area (Å²) in [4.78, 5) is 37.6. The lowest BCUT2D eigenvalue weighted by atomic mass is 9.94. The Kier molecular flexibility index (Phi) is 6.58. The maximum atomic E-state index is 13.1. The molecule has 0 aromatic heterocycles. The molecule has 2 aliphatic rings. The summed E-state index contributed by atoms with van der Waals surface area (Å²) in [6, 6.07) is 4.39. The van der Waals surface area contributed by atoms with E-state index in [0.29, 0.717) is 36.4 Å². The number of carboxylic acids is 1. The molecule has 9 nitrogen and oxygen atoms in total. The fraction of sp³-hybridized carbons (Fsp3) is 0.550. The minimum atomic E-state index is -0.905. The molecule has 29 heavy (non-hydrogen) atoms. The average Bonchev–Trinajstić information content (AvgIpc) is 2.69. The summed E-state index contributed by atoms with van der Waals surface area (Å²) in [6.45, 7) is 2.74. The summed E-state index contributed by atoms with van der Waals surface area (Å²) in [5, 5.41) is 14.5. The van der Waals surface area contributed by atoms with Gasteiger partial charge in [-0.2, -0.15) is 0 Å². The lowest BCUT2D eigenvalue weighted by Crippen LogP contribution is -2.53. The van der Waals surface area contributed by atoms with E-state index in [-0.39, 0.29) is 37.1 Å². The van der Waals surface area contributed by atoms with Gasteiger partial charge in [0.1, 0.15) is 18.5 Å². The van der Waals surface area contributed by atoms with Gasteiger partial charge in [0, 0.05) is 19.3 Å². The van der Waals surface area contributed by atoms with Crippen LogP contribution in [0.15, 0.2) is 18.2 Å². The second kappa shape index (κ2) is 9.13. The summed E-state index contributed by atoms with van der Waals surface area (Å²) >= 11 is 0. The number of urea groups is 1. The minimum absolute atomic E-state index is 0.0629. The zero-order valence-electron chi connectivity index (χ0n) is 16.6. The van der Waals surface area contributed by atoms with Gasteiger partial charge >= 0.3 is 12.0 Å². The quantitative estimate of drug-likeness (QED) is 0.690. The average molecular weight is 405 g/mol. The molecule has 0 unspecified atom stereocenters. The number of hydrogen-bond acceptors (Lipinski definition) is 5. The van der Waals surface area contributed by atoms with Gasteiger partial charge in [-0.15, -0.1) is 0 Å². The third-order valence-electron chi connectivity index (χ3n) is 5.21. The van der Waals surface area contributed by atoms with Crippen molar-refractivity contribution < 1.29 is 29.0 Å². The molecule has 0 radical (unpaired) electrons. The molecule has 9 heteroatoms. The summed E-state index contributed by atoms with van der Waals surface area (Å²) in [5.41, 5.74) is 0.869. The van der Waals surface area contributed by atoms with Gasteiger partial charge < -0.3 is 30.1 Å². The lowest BCUT2D eigenvalue weighted by molar-refractivity contribution is -0.148. The van der Waals surface area contributed by atoms with Gasteiger partial charge in [0.2, 0.25) is 0 Å². The van der Waals surface area contributed by atoms with Crippen molar-refractivity contribution in [1.82, 2.24) is 10.2 Å². The van der Waals surface area contributed by atoms with Gasteiger partial charge in [0.15, 0.2) is 0 Å². The summed E-state index contributed by atoms with van der Waals surface area (Å²) in [6.07, 6.45) is 1.19. The lowest BCUT2D eigenvalue weighted by Gasteiger charge is -2.42. The SMILES string of the molecule is CCCNC(=O)Nc1ccc2c(c1)C(=O)N(C)[C@H]1CC[C@H](CC(=O)O)O[C@@H]1CO2. The number of anilines is 1. The fourth-order valence-corrected chi connectivity index (χ4v) is 3.71. The number of rotatable bonds is 5. The second-order valence-corrected chi connectivity index (χ2v) is 7.36. The third-order valence-corrected chi connectivity index (χ3v) is 5.21. The molecule has 158 valence electrons. The Morgan fingerprint density at radius 1 is 1.31 bits per heavy atom. The molecule has 0 saturated carbocycles. The van der Waals surface area contributed by atoms with Crippen LogP contribution >= 0.6 is 0 Å². The summed E-state index contributed by atoms with van der Waals surface area (Å²) in [7, 11) is 1.71. The number of carbonyl (C=O) groups excluding carboxylic acids is 2. The van der Waals surface area contributed by atoms with Crippen LogP contribution in [-0.2, 0) is 9.53 Å². The first kappa shape index (κ1) is 20.9. The molecular weight excluding hydrogens is 378 g/mol. The van der Waals surface area contributed by atoms with Crippen molar-refractivity contribution in [2.24, 2.45) is 0 Å². The molecule has 0 spiro atoms. The maximum Gasteiger partial charge on any atom is 0.319 e. The molecule has 2 aliphatic heterocycles. The first-order valence-corrected chi connectivity index (χ1v) is 9.85. The number of carboxylic acid groups (broad SMARTS) is 1. The number of benzene rings is 1. The Morgan fingerprint density at radius 2 is 2.10 bits per heavy atom. The maximum absolute atomic E-state index is 13.1. The number of ether oxygens (including phenoxy) is 2. The monoisotopic (exact) mass is 405 g/mol. The van der Waals surface area contributed by atoms with E-state index in [1.54, 1.807) is 30.1 Å². The zero-order valence-corrected chi connectivity index (χ0v) is 16.6. The van der Waals surface area contributed by atoms with Crippen molar-refractivity contribution >= 4 is 23.6 Å². The minimum Gasteiger partial charge on any atom is -0.490 e. The van der Waals surface area contributed by atoms with Crippen LogP contribution in [0.1, 0.15) is 43.0 Å². The molecular formula is C20H27N3O6. The Balaban J connectivity index is 1.77. The van der Waals surface area contributed by atoms with Gasteiger partial charge in [-0.05, 0) is 37.5 Å². The third kappa shape index (κ3) is 4.97. The van der Waals surface area contributed by atoms with Crippen LogP contribution < -0.4 is 15.4 Å². The van der Waals surface area contributed by atoms with Crippen LogP contribution in [0.4, 0.5) is 10.5 Å². The first-order chi connectivity index (χ1) is 13.9. The Morgan fingerprint density at radius 3 is 2.83 bits per heavy atom. The molecule has 3 atom stereocenters. The zero-order chi connectivity index (χ0) is 21.0. The number of nitrogens with one attached hydrogen (secondary N) is 2. The molecule has 0 bridgehead atoms. The van der Waals surface area contributed by atoms with Crippen LogP contribution in [0.2, 0.25) is 0 Å². The van der Waals surface area contributed by atoms with E-state index in [1.165, 1.54) is 0 Å². The van der Waals surface area contributed by atoms with E-state index in [2.05, 4.69) is 10.6 Å². The highest BCUT2D eigenvalue weighted by Gasteiger charge is 2.39. The van der Waals surface area contributed by atoms with Crippen LogP contribution in [0.5, 0.6) is 5.75 Å². The molecule has 1 aromatic rings. The van der Waals surface area contributed by atoms with Gasteiger partial charge in [0.25, 0.3) is 5.91 Å². The van der Waals surface area contributed by atoms with Gasteiger partial charge in [-0.1, -0.05) is 6.92 Å². The van der Waals surface area contributed by atoms with Crippen LogP contribution in [-0.4, -0.2) is 66.4 Å². The number of carbonyl (C=O) groups is 3. The van der Waals surface area contributed by atoms with E-state index in [4.69, 9.17) is 14.6 Å². The molecule has 3 N–H and O–H groups in total. The molecule has 3 amide bonds. The normalized spacial score (nSPS) is 23.7. The first-order valence-electron chi connectivity index (χ1n) is 9.85. The molecule has 0 aliphatic carbocycles. The molecule has 1 aromatic carbocycles. The predicted molar refractivity (Wildman–Crippen MR) is 105 cm³/mol. The summed E-state index contributed by atoms with van der Waals surface area (Å²) in [5.74, 6) is -0.727. The van der Waals surface area contributed by atoms with E-state index < -0.39 is 12.1 Å². The highest BCUT2D eigenvalue weighted by molar-refractivity contribution is 5.99. The molecule has 2 heterocycles. The standard InChI is InChI=1S/C20H27N3O6/c1-3-8-21-20(27)22-12-4-7-16-14(9-12)19(26)23(2)15-6-5-13(10-18(24)25)29-17(15)11-28-16/h4,7,9,13,15,17H,3,5-6,8,10-11H2,1-2H3,(H,24,25)(H2,21,22,27)/t13-,15+,17-/m1/s1. The Labute approximate surface area is 169 Å². The second-order valence-electron chi connectivity index (χ2n) is 7.36. The van der Waals surface area contributed by atoms with E-state index >= 15 is 0 Å². The van der Waals surface area contributed by atoms with E-state index in [1.807, 2.05) is 6.92 Å². The number of fused-ring (bicyclic) bond motifs is 2. The topological polar surface area (TPSA) is 117 Å². The number of likely N-dealkylation sites (N-methyl/N-ethyl adjacent to an activating group) is 1. The molecule has 1 saturated heterocycles. The highest BCUT2D eigenvalue weighted by Crippen LogP contribution is 2.32. The van der Waals surface area contributed by atoms with E-state index in [0.717, 1.165) is 6.42 Å². The van der Waals surface area contributed by atoms with Crippen molar-refractivity contribution in [3.8, 4) is 5.75 Å². The predicted octanol–water partition coefficient (Wildman–Crippen LogP) is 2.07. The highest BCUT2D eigenvalue weighted by atomic mass is 16.5. The van der Waals surface area contributed by atoms with Crippen LogP contribution in [0.25, 0.3) is 0 Å². The van der Waals surface area contributed by atoms with Crippen LogP contribution in [0.3, 0.4) is 0 Å².